The summed E-state index contributed by atoms with van der Waals surface area (Å²) in [6, 6.07) is 7.49. The molecule has 0 aliphatic carbocycles. The minimum Gasteiger partial charge on any atom is -0.376 e. The van der Waals surface area contributed by atoms with E-state index in [-0.39, 0.29) is 18.2 Å². The molecule has 5 heteroatoms. The van der Waals surface area contributed by atoms with Crippen LogP contribution in [0.1, 0.15) is 31.4 Å². The van der Waals surface area contributed by atoms with Crippen LogP contribution in [0, 0.1) is 0 Å². The van der Waals surface area contributed by atoms with E-state index in [9.17, 15) is 4.79 Å². The second kappa shape index (κ2) is 6.72. The van der Waals surface area contributed by atoms with Crippen LogP contribution in [0.5, 0.6) is 0 Å². The van der Waals surface area contributed by atoms with Crippen LogP contribution in [-0.4, -0.2) is 37.2 Å². The van der Waals surface area contributed by atoms with Crippen molar-refractivity contribution >= 4 is 11.7 Å². The molecule has 0 saturated carbocycles. The molecular formula is C15H23N3O2. The number of likely N-dealkylation sites (N-methyl/N-ethyl adjacent to an activating group) is 1. The summed E-state index contributed by atoms with van der Waals surface area (Å²) >= 11 is 0. The molecule has 2 atom stereocenters. The van der Waals surface area contributed by atoms with E-state index in [2.05, 4.69) is 5.32 Å². The van der Waals surface area contributed by atoms with E-state index in [0.717, 1.165) is 30.7 Å². The van der Waals surface area contributed by atoms with Crippen LogP contribution in [0.3, 0.4) is 0 Å². The van der Waals surface area contributed by atoms with Gasteiger partial charge in [0.25, 0.3) is 0 Å². The van der Waals surface area contributed by atoms with Gasteiger partial charge in [-0.05, 0) is 37.5 Å². The van der Waals surface area contributed by atoms with Crippen molar-refractivity contribution in [2.75, 3.05) is 25.5 Å². The molecule has 2 rings (SSSR count). The molecule has 1 aliphatic rings. The van der Waals surface area contributed by atoms with E-state index >= 15 is 0 Å². The maximum Gasteiger partial charge on any atom is 0.321 e. The van der Waals surface area contributed by atoms with Crippen molar-refractivity contribution in [3.8, 4) is 0 Å². The number of amides is 2. The van der Waals surface area contributed by atoms with Crippen molar-refractivity contribution < 1.29 is 9.53 Å². The van der Waals surface area contributed by atoms with Gasteiger partial charge in [0.2, 0.25) is 0 Å². The van der Waals surface area contributed by atoms with Gasteiger partial charge in [0.05, 0.1) is 6.10 Å². The van der Waals surface area contributed by atoms with Gasteiger partial charge in [0.1, 0.15) is 0 Å². The minimum atomic E-state index is -0.117. The number of benzene rings is 1. The standard InChI is InChI=1S/C15H23N3O2/c1-11(16)12-5-7-13(8-6-12)17-15(19)18(2)10-14-4-3-9-20-14/h5-8,11,14H,3-4,9-10,16H2,1-2H3,(H,17,19). The molecule has 3 N–H and O–H groups in total. The van der Waals surface area contributed by atoms with E-state index in [1.165, 1.54) is 0 Å². The van der Waals surface area contributed by atoms with Gasteiger partial charge in [-0.15, -0.1) is 0 Å². The zero-order valence-electron chi connectivity index (χ0n) is 12.1. The fraction of sp³-hybridized carbons (Fsp3) is 0.533. The summed E-state index contributed by atoms with van der Waals surface area (Å²) < 4.78 is 5.53. The summed E-state index contributed by atoms with van der Waals surface area (Å²) in [5, 5.41) is 2.87. The second-order valence-corrected chi connectivity index (χ2v) is 5.36. The van der Waals surface area contributed by atoms with E-state index in [1.54, 1.807) is 11.9 Å². The average molecular weight is 277 g/mol. The molecule has 5 nitrogen and oxygen atoms in total. The SMILES string of the molecule is CC(N)c1ccc(NC(=O)N(C)CC2CCCO2)cc1. The number of nitrogens with one attached hydrogen (secondary N) is 1. The number of carbonyl (C=O) groups is 1. The predicted molar refractivity (Wildman–Crippen MR) is 79.7 cm³/mol. The summed E-state index contributed by atoms with van der Waals surface area (Å²) in [5.74, 6) is 0. The molecule has 2 unspecified atom stereocenters. The number of hydrogen-bond donors (Lipinski definition) is 2. The molecule has 0 aromatic heterocycles. The Morgan fingerprint density at radius 2 is 2.20 bits per heavy atom. The molecule has 2 amide bonds. The number of carbonyl (C=O) groups excluding carboxylic acids is 1. The number of nitrogens with zero attached hydrogens (tertiary/aromatic N) is 1. The Kier molecular flexibility index (Phi) is 4.98. The molecule has 20 heavy (non-hydrogen) atoms. The van der Waals surface area contributed by atoms with Gasteiger partial charge in [-0.1, -0.05) is 12.1 Å². The minimum absolute atomic E-state index is 0.00180. The first kappa shape index (κ1) is 14.8. The van der Waals surface area contributed by atoms with Crippen LogP contribution in [0.15, 0.2) is 24.3 Å². The lowest BCUT2D eigenvalue weighted by atomic mass is 10.1. The fourth-order valence-electron chi connectivity index (χ4n) is 2.27. The number of nitrogens with two attached hydrogens (primary N) is 1. The Hall–Kier alpha value is -1.59. The molecule has 1 heterocycles. The van der Waals surface area contributed by atoms with E-state index < -0.39 is 0 Å². The normalized spacial score (nSPS) is 19.6. The third-order valence-corrected chi connectivity index (χ3v) is 3.54. The van der Waals surface area contributed by atoms with Gasteiger partial charge in [-0.3, -0.25) is 0 Å². The lowest BCUT2D eigenvalue weighted by Gasteiger charge is -2.21. The molecule has 0 spiro atoms. The summed E-state index contributed by atoms with van der Waals surface area (Å²) in [6.07, 6.45) is 2.28. The van der Waals surface area contributed by atoms with Crippen molar-refractivity contribution in [2.24, 2.45) is 5.73 Å². The average Bonchev–Trinajstić information content (AvgIpc) is 2.92. The summed E-state index contributed by atoms with van der Waals surface area (Å²) in [4.78, 5) is 13.7. The smallest absolute Gasteiger partial charge is 0.321 e. The Morgan fingerprint density at radius 1 is 1.50 bits per heavy atom. The number of anilines is 1. The molecule has 1 aliphatic heterocycles. The first-order valence-electron chi connectivity index (χ1n) is 7.05. The van der Waals surface area contributed by atoms with Crippen LogP contribution in [0.4, 0.5) is 10.5 Å². The number of urea groups is 1. The molecule has 1 fully saturated rings. The third-order valence-electron chi connectivity index (χ3n) is 3.54. The Labute approximate surface area is 120 Å². The van der Waals surface area contributed by atoms with Gasteiger partial charge >= 0.3 is 6.03 Å². The summed E-state index contributed by atoms with van der Waals surface area (Å²) in [7, 11) is 1.79. The van der Waals surface area contributed by atoms with Crippen molar-refractivity contribution in [2.45, 2.75) is 31.9 Å². The Bertz CT molecular complexity index is 439. The van der Waals surface area contributed by atoms with Gasteiger partial charge in [0, 0.05) is 31.9 Å². The first-order chi connectivity index (χ1) is 9.56. The quantitative estimate of drug-likeness (QED) is 0.887. The van der Waals surface area contributed by atoms with Gasteiger partial charge < -0.3 is 20.7 Å². The van der Waals surface area contributed by atoms with Crippen molar-refractivity contribution in [3.05, 3.63) is 29.8 Å². The number of ether oxygens (including phenoxy) is 1. The zero-order valence-corrected chi connectivity index (χ0v) is 12.1. The molecule has 1 aromatic rings. The fourth-order valence-corrected chi connectivity index (χ4v) is 2.27. The van der Waals surface area contributed by atoms with Crippen LogP contribution in [0.25, 0.3) is 0 Å². The highest BCUT2D eigenvalue weighted by Gasteiger charge is 2.20. The molecule has 0 radical (unpaired) electrons. The third kappa shape index (κ3) is 3.95. The van der Waals surface area contributed by atoms with Crippen LogP contribution in [-0.2, 0) is 4.74 Å². The monoisotopic (exact) mass is 277 g/mol. The first-order valence-corrected chi connectivity index (χ1v) is 7.05. The summed E-state index contributed by atoms with van der Waals surface area (Å²) in [5.41, 5.74) is 7.62. The molecule has 1 aromatic carbocycles. The van der Waals surface area contributed by atoms with Crippen LogP contribution >= 0.6 is 0 Å². The lowest BCUT2D eigenvalue weighted by molar-refractivity contribution is 0.0894. The van der Waals surface area contributed by atoms with E-state index in [1.807, 2.05) is 31.2 Å². The Morgan fingerprint density at radius 3 is 2.75 bits per heavy atom. The van der Waals surface area contributed by atoms with Crippen molar-refractivity contribution in [1.82, 2.24) is 4.90 Å². The van der Waals surface area contributed by atoms with Crippen molar-refractivity contribution in [1.29, 1.82) is 0 Å². The molecule has 110 valence electrons. The largest absolute Gasteiger partial charge is 0.376 e. The zero-order chi connectivity index (χ0) is 14.5. The predicted octanol–water partition coefficient (Wildman–Crippen LogP) is 2.35. The number of hydrogen-bond acceptors (Lipinski definition) is 3. The highest BCUT2D eigenvalue weighted by Crippen LogP contribution is 2.16. The van der Waals surface area contributed by atoms with Crippen LogP contribution < -0.4 is 11.1 Å². The van der Waals surface area contributed by atoms with Crippen molar-refractivity contribution in [3.63, 3.8) is 0 Å². The lowest BCUT2D eigenvalue weighted by Crippen LogP contribution is -2.37. The van der Waals surface area contributed by atoms with Gasteiger partial charge in [-0.2, -0.15) is 0 Å². The number of rotatable bonds is 4. The molecule has 1 saturated heterocycles. The maximum absolute atomic E-state index is 12.1. The maximum atomic E-state index is 12.1. The molecular weight excluding hydrogens is 254 g/mol. The topological polar surface area (TPSA) is 67.6 Å². The Balaban J connectivity index is 1.86. The highest BCUT2D eigenvalue weighted by molar-refractivity contribution is 5.89. The van der Waals surface area contributed by atoms with Gasteiger partial charge in [0.15, 0.2) is 0 Å². The summed E-state index contributed by atoms with van der Waals surface area (Å²) in [6.45, 7) is 3.37. The van der Waals surface area contributed by atoms with E-state index in [4.69, 9.17) is 10.5 Å². The van der Waals surface area contributed by atoms with Crippen LogP contribution in [0.2, 0.25) is 0 Å². The van der Waals surface area contributed by atoms with E-state index in [0.29, 0.717) is 6.54 Å². The van der Waals surface area contributed by atoms with Gasteiger partial charge in [-0.25, -0.2) is 4.79 Å². The second-order valence-electron chi connectivity index (χ2n) is 5.36. The molecule has 0 bridgehead atoms. The highest BCUT2D eigenvalue weighted by atomic mass is 16.5.